The van der Waals surface area contributed by atoms with Crippen molar-refractivity contribution >= 4 is 17.8 Å². The van der Waals surface area contributed by atoms with Crippen LogP contribution >= 0.6 is 0 Å². The zero-order chi connectivity index (χ0) is 17.0. The van der Waals surface area contributed by atoms with E-state index in [4.69, 9.17) is 15.2 Å². The van der Waals surface area contributed by atoms with Crippen molar-refractivity contribution in [2.24, 2.45) is 5.73 Å². The van der Waals surface area contributed by atoms with Crippen LogP contribution in [-0.2, 0) is 23.9 Å². The van der Waals surface area contributed by atoms with Crippen molar-refractivity contribution in [3.63, 3.8) is 0 Å². The molecule has 0 unspecified atom stereocenters. The van der Waals surface area contributed by atoms with Crippen LogP contribution in [0.5, 0.6) is 0 Å². The van der Waals surface area contributed by atoms with Crippen molar-refractivity contribution in [2.75, 3.05) is 13.2 Å². The number of hydrogen-bond acceptors (Lipinski definition) is 6. The summed E-state index contributed by atoms with van der Waals surface area (Å²) in [5.74, 6) is -1.83. The highest BCUT2D eigenvalue weighted by atomic mass is 16.5. The Morgan fingerprint density at radius 3 is 2.30 bits per heavy atom. The largest absolute Gasteiger partial charge is 0.464 e. The van der Waals surface area contributed by atoms with Crippen LogP contribution in [-0.4, -0.2) is 48.0 Å². The van der Waals surface area contributed by atoms with Crippen LogP contribution in [0.4, 0.5) is 0 Å². The Labute approximate surface area is 135 Å². The summed E-state index contributed by atoms with van der Waals surface area (Å²) in [5.41, 5.74) is 5.57. The molecule has 23 heavy (non-hydrogen) atoms. The van der Waals surface area contributed by atoms with E-state index < -0.39 is 23.9 Å². The third-order valence-electron chi connectivity index (χ3n) is 4.28. The summed E-state index contributed by atoms with van der Waals surface area (Å²) in [6.45, 7) is 3.64. The summed E-state index contributed by atoms with van der Waals surface area (Å²) in [6.07, 6.45) is 4.67. The zero-order valence-electron chi connectivity index (χ0n) is 13.7. The third kappa shape index (κ3) is 3.33. The van der Waals surface area contributed by atoms with Crippen molar-refractivity contribution in [3.8, 4) is 0 Å². The van der Waals surface area contributed by atoms with E-state index in [0.29, 0.717) is 0 Å². The number of carbonyl (C=O) groups excluding carboxylic acids is 3. The predicted octanol–water partition coefficient (Wildman–Crippen LogP) is 0.869. The van der Waals surface area contributed by atoms with E-state index in [1.165, 1.54) is 4.90 Å². The Bertz CT molecular complexity index is 523. The molecule has 7 heteroatoms. The molecule has 1 aliphatic carbocycles. The fraction of sp³-hybridized carbons (Fsp3) is 0.688. The minimum Gasteiger partial charge on any atom is -0.464 e. The van der Waals surface area contributed by atoms with Crippen molar-refractivity contribution in [1.82, 2.24) is 4.90 Å². The van der Waals surface area contributed by atoms with Gasteiger partial charge < -0.3 is 20.1 Å². The SMILES string of the molecule is CCOC(=O)C1=C(N)C(=O)N(C2CCCCC2)[C@H]1C(=O)OCC. The molecule has 1 aliphatic heterocycles. The smallest absolute Gasteiger partial charge is 0.339 e. The van der Waals surface area contributed by atoms with E-state index in [-0.39, 0.29) is 30.5 Å². The van der Waals surface area contributed by atoms with Gasteiger partial charge in [0.1, 0.15) is 5.70 Å². The molecule has 0 saturated heterocycles. The van der Waals surface area contributed by atoms with Crippen molar-refractivity contribution in [2.45, 2.75) is 58.0 Å². The molecule has 0 bridgehead atoms. The molecule has 2 rings (SSSR count). The van der Waals surface area contributed by atoms with Crippen LogP contribution in [0.1, 0.15) is 46.0 Å². The van der Waals surface area contributed by atoms with E-state index >= 15 is 0 Å². The second-order valence-electron chi connectivity index (χ2n) is 5.71. The van der Waals surface area contributed by atoms with Gasteiger partial charge in [0.25, 0.3) is 5.91 Å². The summed E-state index contributed by atoms with van der Waals surface area (Å²) in [7, 11) is 0. The first-order valence-electron chi connectivity index (χ1n) is 8.18. The lowest BCUT2D eigenvalue weighted by atomic mass is 9.93. The van der Waals surface area contributed by atoms with Gasteiger partial charge in [-0.3, -0.25) is 4.79 Å². The minimum absolute atomic E-state index is 0.0825. The molecule has 2 aliphatic rings. The van der Waals surface area contributed by atoms with Gasteiger partial charge in [-0.05, 0) is 26.7 Å². The quantitative estimate of drug-likeness (QED) is 0.753. The van der Waals surface area contributed by atoms with Gasteiger partial charge in [-0.2, -0.15) is 0 Å². The maximum Gasteiger partial charge on any atom is 0.339 e. The topological polar surface area (TPSA) is 98.9 Å². The van der Waals surface area contributed by atoms with Gasteiger partial charge in [0.15, 0.2) is 6.04 Å². The summed E-state index contributed by atoms with van der Waals surface area (Å²) >= 11 is 0. The molecule has 0 radical (unpaired) electrons. The predicted molar refractivity (Wildman–Crippen MR) is 82.0 cm³/mol. The van der Waals surface area contributed by atoms with Gasteiger partial charge in [-0.15, -0.1) is 0 Å². The Balaban J connectivity index is 2.36. The molecular formula is C16H24N2O5. The lowest BCUT2D eigenvalue weighted by Gasteiger charge is -2.35. The fourth-order valence-electron chi connectivity index (χ4n) is 3.28. The first-order valence-corrected chi connectivity index (χ1v) is 8.18. The molecule has 1 fully saturated rings. The lowest BCUT2D eigenvalue weighted by molar-refractivity contribution is -0.154. The number of hydrogen-bond donors (Lipinski definition) is 1. The van der Waals surface area contributed by atoms with Crippen LogP contribution < -0.4 is 5.73 Å². The molecule has 2 N–H and O–H groups in total. The average Bonchev–Trinajstić information content (AvgIpc) is 2.81. The van der Waals surface area contributed by atoms with E-state index in [2.05, 4.69) is 0 Å². The molecule has 128 valence electrons. The molecule has 7 nitrogen and oxygen atoms in total. The molecule has 1 saturated carbocycles. The number of ether oxygens (including phenoxy) is 2. The minimum atomic E-state index is -1.09. The molecule has 1 atom stereocenters. The molecule has 0 aromatic carbocycles. The third-order valence-corrected chi connectivity index (χ3v) is 4.28. The summed E-state index contributed by atoms with van der Waals surface area (Å²) in [4.78, 5) is 38.6. The highest BCUT2D eigenvalue weighted by Crippen LogP contribution is 2.33. The van der Waals surface area contributed by atoms with Gasteiger partial charge in [0.05, 0.1) is 18.8 Å². The van der Waals surface area contributed by atoms with Gasteiger partial charge in [-0.25, -0.2) is 9.59 Å². The maximum atomic E-state index is 12.6. The first kappa shape index (κ1) is 17.3. The first-order chi connectivity index (χ1) is 11.0. The number of amides is 1. The second-order valence-corrected chi connectivity index (χ2v) is 5.71. The van der Waals surface area contributed by atoms with Gasteiger partial charge in [-0.1, -0.05) is 19.3 Å². The van der Waals surface area contributed by atoms with Crippen LogP contribution in [0.25, 0.3) is 0 Å². The second kappa shape index (κ2) is 7.48. The van der Waals surface area contributed by atoms with Crippen LogP contribution in [0, 0.1) is 0 Å². The van der Waals surface area contributed by atoms with Crippen LogP contribution in [0.3, 0.4) is 0 Å². The number of esters is 2. The highest BCUT2D eigenvalue weighted by molar-refractivity contribution is 6.12. The van der Waals surface area contributed by atoms with Gasteiger partial charge >= 0.3 is 11.9 Å². The molecule has 0 aromatic heterocycles. The van der Waals surface area contributed by atoms with Crippen LogP contribution in [0.15, 0.2) is 11.3 Å². The number of rotatable bonds is 5. The molecular weight excluding hydrogens is 300 g/mol. The summed E-state index contributed by atoms with van der Waals surface area (Å²) in [6, 6.07) is -1.19. The van der Waals surface area contributed by atoms with E-state index in [9.17, 15) is 14.4 Å². The Kier molecular flexibility index (Phi) is 5.63. The Morgan fingerprint density at radius 1 is 1.13 bits per heavy atom. The number of nitrogens with two attached hydrogens (primary N) is 1. The van der Waals surface area contributed by atoms with E-state index in [1.807, 2.05) is 0 Å². The normalized spacial score (nSPS) is 22.4. The van der Waals surface area contributed by atoms with E-state index in [1.54, 1.807) is 13.8 Å². The van der Waals surface area contributed by atoms with Crippen molar-refractivity contribution in [3.05, 3.63) is 11.3 Å². The fourth-order valence-corrected chi connectivity index (χ4v) is 3.28. The van der Waals surface area contributed by atoms with E-state index in [0.717, 1.165) is 32.1 Å². The molecule has 0 aromatic rings. The molecule has 0 spiro atoms. The summed E-state index contributed by atoms with van der Waals surface area (Å²) in [5, 5.41) is 0. The summed E-state index contributed by atoms with van der Waals surface area (Å²) < 4.78 is 10.0. The van der Waals surface area contributed by atoms with Crippen molar-refractivity contribution < 1.29 is 23.9 Å². The van der Waals surface area contributed by atoms with Crippen molar-refractivity contribution in [1.29, 1.82) is 0 Å². The monoisotopic (exact) mass is 324 g/mol. The molecule has 1 amide bonds. The Morgan fingerprint density at radius 2 is 1.74 bits per heavy atom. The average molecular weight is 324 g/mol. The zero-order valence-corrected chi connectivity index (χ0v) is 13.7. The number of nitrogens with zero attached hydrogens (tertiary/aromatic N) is 1. The van der Waals surface area contributed by atoms with Crippen LogP contribution in [0.2, 0.25) is 0 Å². The number of carbonyl (C=O) groups is 3. The van der Waals surface area contributed by atoms with Gasteiger partial charge in [0, 0.05) is 6.04 Å². The molecule has 1 heterocycles. The maximum absolute atomic E-state index is 12.6. The Hall–Kier alpha value is -2.05. The lowest BCUT2D eigenvalue weighted by Crippen LogP contribution is -2.49. The van der Waals surface area contributed by atoms with Gasteiger partial charge in [0.2, 0.25) is 0 Å². The standard InChI is InChI=1S/C16H24N2O5/c1-3-22-15(20)11-12(17)14(19)18(10-8-6-5-7-9-10)13(11)16(21)23-4-2/h10,13H,3-9,17H2,1-2H3/t13-/m1/s1. The highest BCUT2D eigenvalue weighted by Gasteiger charge is 2.49.